The summed E-state index contributed by atoms with van der Waals surface area (Å²) in [6.45, 7) is 8.48. The Labute approximate surface area is 183 Å². The fourth-order valence-corrected chi connectivity index (χ4v) is 4.16. The normalized spacial score (nSPS) is 28.7. The molecule has 166 valence electrons. The largest absolute Gasteiger partial charge is 0.387 e. The number of aliphatic hydroxyl groups excluding tert-OH is 1. The van der Waals surface area contributed by atoms with E-state index in [1.807, 2.05) is 74.5 Å². The lowest BCUT2D eigenvalue weighted by Crippen LogP contribution is -2.53. The number of hydrogen-bond donors (Lipinski definition) is 2. The summed E-state index contributed by atoms with van der Waals surface area (Å²) in [5.74, 6) is -0.751. The van der Waals surface area contributed by atoms with E-state index in [9.17, 15) is 5.11 Å². The summed E-state index contributed by atoms with van der Waals surface area (Å²) in [5.41, 5.74) is 2.17. The number of hydrogen-bond acceptors (Lipinski definition) is 6. The molecule has 2 aromatic rings. The topological polar surface area (TPSA) is 69.2 Å². The van der Waals surface area contributed by atoms with Gasteiger partial charge in [0.2, 0.25) is 0 Å². The fourth-order valence-electron chi connectivity index (χ4n) is 4.16. The molecule has 0 bridgehead atoms. The molecule has 6 atom stereocenters. The van der Waals surface area contributed by atoms with Crippen LogP contribution in [0.2, 0.25) is 0 Å². The van der Waals surface area contributed by atoms with E-state index in [1.165, 1.54) is 6.08 Å². The maximum absolute atomic E-state index is 10.7. The highest BCUT2D eigenvalue weighted by Gasteiger charge is 2.57. The highest BCUT2D eigenvalue weighted by atomic mass is 16.8. The van der Waals surface area contributed by atoms with Crippen molar-refractivity contribution in [3.05, 3.63) is 84.4 Å². The molecule has 0 aromatic heterocycles. The predicted molar refractivity (Wildman–Crippen MR) is 117 cm³/mol. The Bertz CT molecular complexity index is 844. The smallest absolute Gasteiger partial charge is 0.190 e. The Hall–Kier alpha value is -2.06. The van der Waals surface area contributed by atoms with Crippen LogP contribution in [0.4, 0.5) is 0 Å². The Morgan fingerprint density at radius 3 is 2.35 bits per heavy atom. The van der Waals surface area contributed by atoms with Crippen molar-refractivity contribution in [3.8, 4) is 0 Å². The summed E-state index contributed by atoms with van der Waals surface area (Å²) in [6, 6.07) is 19.5. The van der Waals surface area contributed by atoms with E-state index in [-0.39, 0.29) is 6.10 Å². The van der Waals surface area contributed by atoms with Crippen LogP contribution in [0.3, 0.4) is 0 Å². The number of nitrogens with one attached hydrogen (secondary N) is 1. The first kappa shape index (κ1) is 22.1. The fraction of sp³-hybridized carbons (Fsp3) is 0.440. The Balaban J connectivity index is 1.53. The van der Waals surface area contributed by atoms with Gasteiger partial charge in [-0.3, -0.25) is 0 Å². The third-order valence-corrected chi connectivity index (χ3v) is 5.66. The second-order valence-electron chi connectivity index (χ2n) is 8.45. The van der Waals surface area contributed by atoms with Gasteiger partial charge in [-0.1, -0.05) is 66.7 Å². The summed E-state index contributed by atoms with van der Waals surface area (Å²) in [6.07, 6.45) is -1.16. The van der Waals surface area contributed by atoms with E-state index < -0.39 is 36.4 Å². The molecule has 6 nitrogen and oxygen atoms in total. The van der Waals surface area contributed by atoms with Crippen molar-refractivity contribution in [2.45, 2.75) is 69.5 Å². The molecule has 2 aliphatic rings. The number of ether oxygens (including phenoxy) is 4. The zero-order valence-electron chi connectivity index (χ0n) is 18.0. The lowest BCUT2D eigenvalue weighted by atomic mass is 9.98. The third kappa shape index (κ3) is 5.23. The summed E-state index contributed by atoms with van der Waals surface area (Å²) in [7, 11) is 0. The van der Waals surface area contributed by atoms with Gasteiger partial charge >= 0.3 is 0 Å². The van der Waals surface area contributed by atoms with Gasteiger partial charge in [0.15, 0.2) is 12.1 Å². The Morgan fingerprint density at radius 1 is 1.06 bits per heavy atom. The van der Waals surface area contributed by atoms with Crippen molar-refractivity contribution in [2.75, 3.05) is 0 Å². The third-order valence-electron chi connectivity index (χ3n) is 5.66. The highest BCUT2D eigenvalue weighted by molar-refractivity contribution is 5.16. The average molecular weight is 426 g/mol. The lowest BCUT2D eigenvalue weighted by molar-refractivity contribution is -0.224. The van der Waals surface area contributed by atoms with Crippen molar-refractivity contribution < 1.29 is 24.1 Å². The molecule has 4 rings (SSSR count). The molecule has 0 amide bonds. The summed E-state index contributed by atoms with van der Waals surface area (Å²) >= 11 is 0. The maximum atomic E-state index is 10.7. The maximum Gasteiger partial charge on any atom is 0.190 e. The molecule has 2 heterocycles. The highest BCUT2D eigenvalue weighted by Crippen LogP contribution is 2.40. The van der Waals surface area contributed by atoms with Crippen LogP contribution in [0.5, 0.6) is 0 Å². The average Bonchev–Trinajstić information content (AvgIpc) is 3.25. The van der Waals surface area contributed by atoms with Crippen LogP contribution >= 0.6 is 0 Å². The molecular formula is C25H31NO5. The molecule has 2 aliphatic heterocycles. The van der Waals surface area contributed by atoms with Crippen LogP contribution in [-0.4, -0.2) is 47.6 Å². The Kier molecular flexibility index (Phi) is 6.86. The van der Waals surface area contributed by atoms with Crippen LogP contribution in [0.25, 0.3) is 0 Å². The number of aliphatic hydroxyl groups is 1. The lowest BCUT2D eigenvalue weighted by Gasteiger charge is -2.33. The zero-order valence-corrected chi connectivity index (χ0v) is 18.0. The zero-order chi connectivity index (χ0) is 21.8. The molecule has 0 unspecified atom stereocenters. The molecule has 31 heavy (non-hydrogen) atoms. The van der Waals surface area contributed by atoms with E-state index in [1.54, 1.807) is 0 Å². The van der Waals surface area contributed by atoms with E-state index >= 15 is 0 Å². The molecule has 0 aliphatic carbocycles. The Morgan fingerprint density at radius 2 is 1.71 bits per heavy atom. The minimum Gasteiger partial charge on any atom is -0.387 e. The molecule has 2 N–H and O–H groups in total. The second-order valence-corrected chi connectivity index (χ2v) is 8.45. The van der Waals surface area contributed by atoms with E-state index in [0.29, 0.717) is 13.2 Å². The van der Waals surface area contributed by atoms with Gasteiger partial charge in [-0.05, 0) is 25.0 Å². The van der Waals surface area contributed by atoms with E-state index in [0.717, 1.165) is 11.1 Å². The number of benzene rings is 2. The van der Waals surface area contributed by atoms with Gasteiger partial charge in [-0.15, -0.1) is 6.58 Å². The molecular weight excluding hydrogens is 394 g/mol. The minimum atomic E-state index is -0.830. The van der Waals surface area contributed by atoms with E-state index in [2.05, 4.69) is 11.9 Å². The van der Waals surface area contributed by atoms with Gasteiger partial charge in [-0.2, -0.15) is 0 Å². The number of rotatable bonds is 9. The van der Waals surface area contributed by atoms with Crippen molar-refractivity contribution in [1.29, 1.82) is 0 Å². The molecule has 0 spiro atoms. The van der Waals surface area contributed by atoms with Gasteiger partial charge in [-0.25, -0.2) is 0 Å². The second kappa shape index (κ2) is 9.61. The van der Waals surface area contributed by atoms with E-state index in [4.69, 9.17) is 18.9 Å². The number of fused-ring (bicyclic) bond motifs is 1. The first-order valence-electron chi connectivity index (χ1n) is 10.7. The summed E-state index contributed by atoms with van der Waals surface area (Å²) in [4.78, 5) is 0. The molecule has 2 aromatic carbocycles. The molecule has 0 radical (unpaired) electrons. The van der Waals surface area contributed by atoms with Crippen LogP contribution in [0, 0.1) is 0 Å². The molecule has 2 fully saturated rings. The molecule has 2 saturated heterocycles. The summed E-state index contributed by atoms with van der Waals surface area (Å²) < 4.78 is 24.6. The monoisotopic (exact) mass is 425 g/mol. The van der Waals surface area contributed by atoms with Crippen LogP contribution < -0.4 is 5.32 Å². The standard InChI is InChI=1S/C25H31NO5/c1-4-19(27)20(26-15-17-11-7-5-8-12-17)21-22(28-16-18-13-9-6-10-14-18)23-24(29-21)31-25(2,3)30-23/h4-14,19-24,26-27H,1,15-16H2,2-3H3/t19-,20-,21+,22-,23+,24+/m0/s1. The van der Waals surface area contributed by atoms with Gasteiger partial charge in [0.05, 0.1) is 18.8 Å². The SMILES string of the molecule is C=C[C@H](O)[C@H](NCc1ccccc1)[C@H]1O[C@@H]2OC(C)(C)O[C@@H]2[C@H]1OCc1ccccc1. The van der Waals surface area contributed by atoms with Gasteiger partial charge in [0.25, 0.3) is 0 Å². The van der Waals surface area contributed by atoms with Gasteiger partial charge < -0.3 is 29.4 Å². The van der Waals surface area contributed by atoms with Crippen molar-refractivity contribution >= 4 is 0 Å². The first-order valence-corrected chi connectivity index (χ1v) is 10.7. The predicted octanol–water partition coefficient (Wildman–Crippen LogP) is 3.15. The first-order chi connectivity index (χ1) is 15.0. The minimum absolute atomic E-state index is 0.387. The quantitative estimate of drug-likeness (QED) is 0.602. The molecule has 6 heteroatoms. The van der Waals surface area contributed by atoms with Gasteiger partial charge in [0, 0.05) is 6.54 Å². The van der Waals surface area contributed by atoms with Crippen molar-refractivity contribution in [3.63, 3.8) is 0 Å². The van der Waals surface area contributed by atoms with Crippen molar-refractivity contribution in [1.82, 2.24) is 5.32 Å². The van der Waals surface area contributed by atoms with Crippen LogP contribution in [0.15, 0.2) is 73.3 Å². The van der Waals surface area contributed by atoms with Crippen LogP contribution in [-0.2, 0) is 32.1 Å². The van der Waals surface area contributed by atoms with Crippen LogP contribution in [0.1, 0.15) is 25.0 Å². The van der Waals surface area contributed by atoms with Gasteiger partial charge in [0.1, 0.15) is 18.3 Å². The summed E-state index contributed by atoms with van der Waals surface area (Å²) in [5, 5.41) is 14.2. The molecule has 0 saturated carbocycles. The van der Waals surface area contributed by atoms with Crippen molar-refractivity contribution in [2.24, 2.45) is 0 Å².